The van der Waals surface area contributed by atoms with Gasteiger partial charge in [-0.2, -0.15) is 11.8 Å². The monoisotopic (exact) mass is 309 g/mol. The number of unbranched alkanes of at least 4 members (excludes halogenated alkanes) is 2. The van der Waals surface area contributed by atoms with Gasteiger partial charge in [0.1, 0.15) is 0 Å². The quantitative estimate of drug-likeness (QED) is 0.568. The summed E-state index contributed by atoms with van der Waals surface area (Å²) in [5.41, 5.74) is 0.921. The second-order valence-electron chi connectivity index (χ2n) is 5.60. The van der Waals surface area contributed by atoms with Gasteiger partial charge in [0.2, 0.25) is 0 Å². The zero-order valence-corrected chi connectivity index (χ0v) is 14.4. The molecule has 0 heterocycles. The number of hydrogen-bond acceptors (Lipinski definition) is 3. The fourth-order valence-corrected chi connectivity index (χ4v) is 3.59. The van der Waals surface area contributed by atoms with Crippen molar-refractivity contribution >= 4 is 11.8 Å². The predicted octanol–water partition coefficient (Wildman–Crippen LogP) is 4.19. The van der Waals surface area contributed by atoms with E-state index >= 15 is 0 Å². The minimum Gasteiger partial charge on any atom is -0.394 e. The van der Waals surface area contributed by atoms with Crippen molar-refractivity contribution in [2.45, 2.75) is 51.5 Å². The fraction of sp³-hybridized carbons (Fsp3) is 0.667. The van der Waals surface area contributed by atoms with E-state index in [2.05, 4.69) is 43.4 Å². The standard InChI is InChI=1S/C18H31NOS/c1-3-5-9-14-21-15-12-18(16-20,19-13-4-2)17-10-7-6-8-11-17/h6-8,10-11,19-20H,3-5,9,12-16H2,1-2H3. The Morgan fingerprint density at radius 1 is 1.05 bits per heavy atom. The molecular weight excluding hydrogens is 278 g/mol. The van der Waals surface area contributed by atoms with Crippen molar-refractivity contribution in [1.82, 2.24) is 5.32 Å². The van der Waals surface area contributed by atoms with Crippen LogP contribution in [0.2, 0.25) is 0 Å². The topological polar surface area (TPSA) is 32.3 Å². The average Bonchev–Trinajstić information content (AvgIpc) is 2.55. The first-order valence-electron chi connectivity index (χ1n) is 8.28. The summed E-state index contributed by atoms with van der Waals surface area (Å²) in [4.78, 5) is 0. The van der Waals surface area contributed by atoms with E-state index in [1.165, 1.54) is 30.6 Å². The van der Waals surface area contributed by atoms with Crippen LogP contribution in [-0.4, -0.2) is 29.8 Å². The van der Waals surface area contributed by atoms with Crippen molar-refractivity contribution in [3.8, 4) is 0 Å². The molecule has 21 heavy (non-hydrogen) atoms. The largest absolute Gasteiger partial charge is 0.394 e. The van der Waals surface area contributed by atoms with Crippen molar-refractivity contribution in [3.63, 3.8) is 0 Å². The minimum atomic E-state index is -0.283. The molecule has 2 nitrogen and oxygen atoms in total. The minimum absolute atomic E-state index is 0.159. The lowest BCUT2D eigenvalue weighted by molar-refractivity contribution is 0.157. The average molecular weight is 310 g/mol. The first kappa shape index (κ1) is 18.5. The molecule has 0 saturated carbocycles. The molecule has 0 saturated heterocycles. The number of nitrogens with one attached hydrogen (secondary N) is 1. The Hall–Kier alpha value is -0.510. The molecule has 1 unspecified atom stereocenters. The van der Waals surface area contributed by atoms with E-state index in [0.717, 1.165) is 25.1 Å². The van der Waals surface area contributed by atoms with E-state index in [9.17, 15) is 5.11 Å². The third-order valence-corrected chi connectivity index (χ3v) is 4.95. The number of hydrogen-bond donors (Lipinski definition) is 2. The Kier molecular flexibility index (Phi) is 9.81. The third-order valence-electron chi connectivity index (χ3n) is 3.88. The molecular formula is C18H31NOS. The molecule has 0 bridgehead atoms. The summed E-state index contributed by atoms with van der Waals surface area (Å²) in [6, 6.07) is 10.4. The van der Waals surface area contributed by atoms with Crippen LogP contribution < -0.4 is 5.32 Å². The molecule has 0 aliphatic carbocycles. The van der Waals surface area contributed by atoms with Crippen molar-refractivity contribution in [3.05, 3.63) is 35.9 Å². The summed E-state index contributed by atoms with van der Waals surface area (Å²) in [6.07, 6.45) is 5.97. The molecule has 1 aromatic carbocycles. The van der Waals surface area contributed by atoms with Crippen LogP contribution in [0.5, 0.6) is 0 Å². The van der Waals surface area contributed by atoms with Gasteiger partial charge in [0.25, 0.3) is 0 Å². The van der Waals surface area contributed by atoms with Gasteiger partial charge < -0.3 is 10.4 Å². The summed E-state index contributed by atoms with van der Waals surface area (Å²) in [6.45, 7) is 5.51. The maximum absolute atomic E-state index is 10.0. The number of rotatable bonds is 12. The molecule has 1 atom stereocenters. The summed E-state index contributed by atoms with van der Waals surface area (Å²) in [5.74, 6) is 2.33. The van der Waals surface area contributed by atoms with E-state index in [4.69, 9.17) is 0 Å². The molecule has 1 aromatic rings. The Morgan fingerprint density at radius 2 is 1.81 bits per heavy atom. The van der Waals surface area contributed by atoms with Crippen LogP contribution >= 0.6 is 11.8 Å². The van der Waals surface area contributed by atoms with Gasteiger partial charge in [-0.3, -0.25) is 0 Å². The molecule has 0 radical (unpaired) electrons. The highest BCUT2D eigenvalue weighted by Crippen LogP contribution is 2.27. The SMILES string of the molecule is CCCCCSCCC(CO)(NCCC)c1ccccc1. The second kappa shape index (κ2) is 11.1. The number of thioether (sulfide) groups is 1. The van der Waals surface area contributed by atoms with Gasteiger partial charge in [-0.15, -0.1) is 0 Å². The van der Waals surface area contributed by atoms with Crippen molar-refractivity contribution in [2.24, 2.45) is 0 Å². The maximum atomic E-state index is 10.0. The first-order chi connectivity index (χ1) is 10.3. The summed E-state index contributed by atoms with van der Waals surface area (Å²) < 4.78 is 0. The molecule has 3 heteroatoms. The lowest BCUT2D eigenvalue weighted by Gasteiger charge is -2.34. The number of aliphatic hydroxyl groups is 1. The summed E-state index contributed by atoms with van der Waals surface area (Å²) in [5, 5.41) is 13.6. The first-order valence-corrected chi connectivity index (χ1v) is 9.43. The molecule has 0 aromatic heterocycles. The molecule has 2 N–H and O–H groups in total. The highest BCUT2D eigenvalue weighted by molar-refractivity contribution is 7.99. The van der Waals surface area contributed by atoms with Crippen LogP contribution in [0, 0.1) is 0 Å². The van der Waals surface area contributed by atoms with E-state index in [1.54, 1.807) is 0 Å². The van der Waals surface area contributed by atoms with E-state index < -0.39 is 0 Å². The summed E-state index contributed by atoms with van der Waals surface area (Å²) in [7, 11) is 0. The molecule has 1 rings (SSSR count). The Balaban J connectivity index is 2.59. The van der Waals surface area contributed by atoms with Crippen LogP contribution in [0.4, 0.5) is 0 Å². The van der Waals surface area contributed by atoms with Crippen LogP contribution in [0.25, 0.3) is 0 Å². The van der Waals surface area contributed by atoms with E-state index in [0.29, 0.717) is 0 Å². The normalized spacial score (nSPS) is 14.0. The molecule has 0 aliphatic heterocycles. The Bertz CT molecular complexity index is 357. The number of aliphatic hydroxyl groups excluding tert-OH is 1. The summed E-state index contributed by atoms with van der Waals surface area (Å²) >= 11 is 2.01. The lowest BCUT2D eigenvalue weighted by atomic mass is 9.88. The van der Waals surface area contributed by atoms with Crippen molar-refractivity contribution in [1.29, 1.82) is 0 Å². The third kappa shape index (κ3) is 6.41. The molecule has 0 spiro atoms. The number of benzene rings is 1. The fourth-order valence-electron chi connectivity index (χ4n) is 2.49. The zero-order chi connectivity index (χ0) is 15.4. The lowest BCUT2D eigenvalue weighted by Crippen LogP contribution is -2.46. The van der Waals surface area contributed by atoms with Gasteiger partial charge in [-0.1, -0.05) is 57.0 Å². The smallest absolute Gasteiger partial charge is 0.0677 e. The molecule has 120 valence electrons. The predicted molar refractivity (Wildman–Crippen MR) is 95.0 cm³/mol. The van der Waals surface area contributed by atoms with Crippen LogP contribution in [0.1, 0.15) is 51.5 Å². The van der Waals surface area contributed by atoms with Gasteiger partial charge in [0, 0.05) is 0 Å². The Labute approximate surface area is 134 Å². The molecule has 0 aliphatic rings. The van der Waals surface area contributed by atoms with E-state index in [1.807, 2.05) is 17.8 Å². The molecule has 0 fully saturated rings. The molecule has 0 amide bonds. The highest BCUT2D eigenvalue weighted by atomic mass is 32.2. The van der Waals surface area contributed by atoms with Crippen LogP contribution in [0.3, 0.4) is 0 Å². The Morgan fingerprint density at radius 3 is 2.43 bits per heavy atom. The van der Waals surface area contributed by atoms with Gasteiger partial charge in [0.15, 0.2) is 0 Å². The van der Waals surface area contributed by atoms with Gasteiger partial charge in [-0.05, 0) is 42.9 Å². The van der Waals surface area contributed by atoms with Crippen molar-refractivity contribution < 1.29 is 5.11 Å². The maximum Gasteiger partial charge on any atom is 0.0677 e. The van der Waals surface area contributed by atoms with Crippen LogP contribution in [-0.2, 0) is 5.54 Å². The van der Waals surface area contributed by atoms with E-state index in [-0.39, 0.29) is 12.1 Å². The van der Waals surface area contributed by atoms with Gasteiger partial charge in [-0.25, -0.2) is 0 Å². The highest BCUT2D eigenvalue weighted by Gasteiger charge is 2.30. The van der Waals surface area contributed by atoms with Crippen molar-refractivity contribution in [2.75, 3.05) is 24.7 Å². The van der Waals surface area contributed by atoms with Gasteiger partial charge >= 0.3 is 0 Å². The zero-order valence-electron chi connectivity index (χ0n) is 13.6. The van der Waals surface area contributed by atoms with Gasteiger partial charge in [0.05, 0.1) is 12.1 Å². The second-order valence-corrected chi connectivity index (χ2v) is 6.83. The van der Waals surface area contributed by atoms with Crippen LogP contribution in [0.15, 0.2) is 30.3 Å².